The predicted molar refractivity (Wildman–Crippen MR) is 44.2 cm³/mol. The zero-order valence-electron chi connectivity index (χ0n) is 7.03. The molecule has 0 saturated carbocycles. The number of aliphatic carboxylic acids is 1. The molecule has 0 bridgehead atoms. The van der Waals surface area contributed by atoms with Crippen molar-refractivity contribution in [2.45, 2.75) is 0 Å². The lowest BCUT2D eigenvalue weighted by Crippen LogP contribution is -2.29. The Morgan fingerprint density at radius 3 is 2.71 bits per heavy atom. The van der Waals surface area contributed by atoms with E-state index in [2.05, 4.69) is 10.3 Å². The van der Waals surface area contributed by atoms with Crippen LogP contribution in [-0.2, 0) is 4.79 Å². The standard InChI is InChI=1S/C8H7FN2O3/c9-6-2-1-5(3-10-6)8(14)11-4-7(12)13/h1-3H,4H2,(H,11,14)(H,12,13). The van der Waals surface area contributed by atoms with Crippen LogP contribution in [0.4, 0.5) is 4.39 Å². The van der Waals surface area contributed by atoms with Crippen LogP contribution in [0.5, 0.6) is 0 Å². The topological polar surface area (TPSA) is 79.3 Å². The van der Waals surface area contributed by atoms with Gasteiger partial charge in [0.15, 0.2) is 0 Å². The molecule has 0 fully saturated rings. The molecule has 1 aromatic heterocycles. The fourth-order valence-electron chi connectivity index (χ4n) is 0.768. The molecule has 0 aliphatic heterocycles. The van der Waals surface area contributed by atoms with Gasteiger partial charge in [-0.05, 0) is 12.1 Å². The number of hydrogen-bond donors (Lipinski definition) is 2. The summed E-state index contributed by atoms with van der Waals surface area (Å²) in [6.45, 7) is -0.476. The maximum Gasteiger partial charge on any atom is 0.322 e. The maximum atomic E-state index is 12.3. The van der Waals surface area contributed by atoms with Crippen molar-refractivity contribution in [3.05, 3.63) is 29.8 Å². The molecule has 0 saturated heterocycles. The molecule has 0 aliphatic rings. The van der Waals surface area contributed by atoms with E-state index in [1.807, 2.05) is 0 Å². The van der Waals surface area contributed by atoms with Gasteiger partial charge in [0.2, 0.25) is 5.95 Å². The number of carboxylic acids is 1. The first kappa shape index (κ1) is 10.1. The molecule has 14 heavy (non-hydrogen) atoms. The second-order valence-electron chi connectivity index (χ2n) is 2.45. The van der Waals surface area contributed by atoms with E-state index in [0.717, 1.165) is 12.3 Å². The number of hydrogen-bond acceptors (Lipinski definition) is 3. The van der Waals surface area contributed by atoms with E-state index >= 15 is 0 Å². The van der Waals surface area contributed by atoms with E-state index in [0.29, 0.717) is 0 Å². The van der Waals surface area contributed by atoms with Crippen LogP contribution in [0.15, 0.2) is 18.3 Å². The third-order valence-electron chi connectivity index (χ3n) is 1.39. The molecular formula is C8H7FN2O3. The molecule has 0 aromatic carbocycles. The van der Waals surface area contributed by atoms with Crippen LogP contribution in [0.3, 0.4) is 0 Å². The summed E-state index contributed by atoms with van der Waals surface area (Å²) in [4.78, 5) is 24.5. The molecule has 0 aliphatic carbocycles. The van der Waals surface area contributed by atoms with Crippen LogP contribution in [0.25, 0.3) is 0 Å². The third-order valence-corrected chi connectivity index (χ3v) is 1.39. The lowest BCUT2D eigenvalue weighted by Gasteiger charge is -2.00. The van der Waals surface area contributed by atoms with Crippen LogP contribution in [0.2, 0.25) is 0 Å². The fourth-order valence-corrected chi connectivity index (χ4v) is 0.768. The minimum atomic E-state index is -1.14. The zero-order valence-corrected chi connectivity index (χ0v) is 7.03. The molecule has 1 rings (SSSR count). The quantitative estimate of drug-likeness (QED) is 0.672. The number of halogens is 1. The Hall–Kier alpha value is -1.98. The van der Waals surface area contributed by atoms with Gasteiger partial charge in [-0.15, -0.1) is 0 Å². The first-order valence-electron chi connectivity index (χ1n) is 3.71. The van der Waals surface area contributed by atoms with E-state index < -0.39 is 24.4 Å². The summed E-state index contributed by atoms with van der Waals surface area (Å²) in [5, 5.41) is 10.4. The molecule has 1 heterocycles. The molecule has 74 valence electrons. The van der Waals surface area contributed by atoms with Gasteiger partial charge in [-0.1, -0.05) is 0 Å². The highest BCUT2D eigenvalue weighted by atomic mass is 19.1. The minimum absolute atomic E-state index is 0.118. The monoisotopic (exact) mass is 198 g/mol. The second kappa shape index (κ2) is 4.31. The average molecular weight is 198 g/mol. The SMILES string of the molecule is O=C(O)CNC(=O)c1ccc(F)nc1. The number of rotatable bonds is 3. The first-order chi connectivity index (χ1) is 6.59. The van der Waals surface area contributed by atoms with Gasteiger partial charge in [0, 0.05) is 6.20 Å². The Labute approximate surface area is 78.6 Å². The number of carboxylic acid groups (broad SMARTS) is 1. The number of nitrogens with one attached hydrogen (secondary N) is 1. The van der Waals surface area contributed by atoms with Crippen LogP contribution in [0.1, 0.15) is 10.4 Å². The summed E-state index contributed by atoms with van der Waals surface area (Å²) in [6.07, 6.45) is 1.03. The largest absolute Gasteiger partial charge is 0.480 e. The molecule has 1 amide bonds. The molecular weight excluding hydrogens is 191 g/mol. The molecule has 0 spiro atoms. The lowest BCUT2D eigenvalue weighted by molar-refractivity contribution is -0.135. The van der Waals surface area contributed by atoms with Gasteiger partial charge in [0.25, 0.3) is 5.91 Å². The number of aromatic nitrogens is 1. The van der Waals surface area contributed by atoms with Crippen molar-refractivity contribution in [1.82, 2.24) is 10.3 Å². The van der Waals surface area contributed by atoms with Gasteiger partial charge in [-0.25, -0.2) is 4.98 Å². The van der Waals surface area contributed by atoms with Gasteiger partial charge in [-0.3, -0.25) is 9.59 Å². The van der Waals surface area contributed by atoms with Crippen molar-refractivity contribution in [3.8, 4) is 0 Å². The average Bonchev–Trinajstić information content (AvgIpc) is 2.15. The van der Waals surface area contributed by atoms with Gasteiger partial charge in [0.1, 0.15) is 6.54 Å². The van der Waals surface area contributed by atoms with Crippen molar-refractivity contribution in [2.24, 2.45) is 0 Å². The summed E-state index contributed by atoms with van der Waals surface area (Å²) in [5.74, 6) is -2.44. The number of carbonyl (C=O) groups excluding carboxylic acids is 1. The number of amides is 1. The van der Waals surface area contributed by atoms with Crippen molar-refractivity contribution in [1.29, 1.82) is 0 Å². The Balaban J connectivity index is 2.61. The van der Waals surface area contributed by atoms with Gasteiger partial charge in [0.05, 0.1) is 5.56 Å². The van der Waals surface area contributed by atoms with Crippen LogP contribution in [0, 0.1) is 5.95 Å². The first-order valence-corrected chi connectivity index (χ1v) is 3.71. The Bertz CT molecular complexity index is 350. The van der Waals surface area contributed by atoms with Crippen LogP contribution >= 0.6 is 0 Å². The van der Waals surface area contributed by atoms with Crippen molar-refractivity contribution in [3.63, 3.8) is 0 Å². The summed E-state index contributed by atoms with van der Waals surface area (Å²) in [7, 11) is 0. The summed E-state index contributed by atoms with van der Waals surface area (Å²) >= 11 is 0. The van der Waals surface area contributed by atoms with E-state index in [4.69, 9.17) is 5.11 Å². The van der Waals surface area contributed by atoms with Crippen LogP contribution in [-0.4, -0.2) is 28.5 Å². The second-order valence-corrected chi connectivity index (χ2v) is 2.45. The van der Waals surface area contributed by atoms with E-state index in [9.17, 15) is 14.0 Å². The normalized spacial score (nSPS) is 9.50. The Morgan fingerprint density at radius 1 is 1.50 bits per heavy atom. The highest BCUT2D eigenvalue weighted by molar-refractivity contribution is 5.95. The summed E-state index contributed by atoms with van der Waals surface area (Å²) in [6, 6.07) is 2.25. The maximum absolute atomic E-state index is 12.3. The van der Waals surface area contributed by atoms with Gasteiger partial charge in [-0.2, -0.15) is 4.39 Å². The molecule has 2 N–H and O–H groups in total. The van der Waals surface area contributed by atoms with Crippen molar-refractivity contribution < 1.29 is 19.1 Å². The summed E-state index contributed by atoms with van der Waals surface area (Å²) in [5.41, 5.74) is 0.118. The van der Waals surface area contributed by atoms with E-state index in [-0.39, 0.29) is 5.56 Å². The number of carbonyl (C=O) groups is 2. The smallest absolute Gasteiger partial charge is 0.322 e. The third kappa shape index (κ3) is 2.81. The van der Waals surface area contributed by atoms with Crippen molar-refractivity contribution in [2.75, 3.05) is 6.54 Å². The van der Waals surface area contributed by atoms with Crippen molar-refractivity contribution >= 4 is 11.9 Å². The van der Waals surface area contributed by atoms with E-state index in [1.165, 1.54) is 6.07 Å². The molecule has 0 radical (unpaired) electrons. The molecule has 5 nitrogen and oxygen atoms in total. The fraction of sp³-hybridized carbons (Fsp3) is 0.125. The molecule has 0 unspecified atom stereocenters. The van der Waals surface area contributed by atoms with E-state index in [1.54, 1.807) is 0 Å². The lowest BCUT2D eigenvalue weighted by atomic mass is 10.3. The number of nitrogens with zero attached hydrogens (tertiary/aromatic N) is 1. The Morgan fingerprint density at radius 2 is 2.21 bits per heavy atom. The molecule has 6 heteroatoms. The van der Waals surface area contributed by atoms with Crippen LogP contribution < -0.4 is 5.32 Å². The molecule has 1 aromatic rings. The minimum Gasteiger partial charge on any atom is -0.480 e. The van der Waals surface area contributed by atoms with Gasteiger partial charge < -0.3 is 10.4 Å². The highest BCUT2D eigenvalue weighted by Crippen LogP contribution is 1.98. The summed E-state index contributed by atoms with van der Waals surface area (Å²) < 4.78 is 12.3. The zero-order chi connectivity index (χ0) is 10.6. The molecule has 0 atom stereocenters. The predicted octanol–water partition coefficient (Wildman–Crippen LogP) is 0.0351. The highest BCUT2D eigenvalue weighted by Gasteiger charge is 2.06. The number of pyridine rings is 1. The van der Waals surface area contributed by atoms with Gasteiger partial charge >= 0.3 is 5.97 Å². The Kier molecular flexibility index (Phi) is 3.11.